The van der Waals surface area contributed by atoms with Crippen LogP contribution >= 0.6 is 15.9 Å². The fraction of sp³-hybridized carbons (Fsp3) is 0.0588. The van der Waals surface area contributed by atoms with Gasteiger partial charge in [-0.15, -0.1) is 0 Å². The Balaban J connectivity index is 2.38. The standard InChI is InChI=1S/C17H14BrNO2S/c1-2-6-15-11-13-9-10-14(18)12-17(13)19(15)22(20,21)16-7-4-3-5-8-16/h2-12H,1H3/b6-2+. The summed E-state index contributed by atoms with van der Waals surface area (Å²) in [4.78, 5) is 0.276. The van der Waals surface area contributed by atoms with Crippen LogP contribution in [0.3, 0.4) is 0 Å². The first-order valence-corrected chi connectivity index (χ1v) is 9.01. The van der Waals surface area contributed by atoms with Gasteiger partial charge in [0.25, 0.3) is 10.0 Å². The van der Waals surface area contributed by atoms with E-state index in [1.165, 1.54) is 3.97 Å². The summed E-state index contributed by atoms with van der Waals surface area (Å²) < 4.78 is 28.3. The molecule has 0 atom stereocenters. The predicted molar refractivity (Wildman–Crippen MR) is 93.4 cm³/mol. The van der Waals surface area contributed by atoms with E-state index in [2.05, 4.69) is 15.9 Å². The molecule has 1 heterocycles. The normalized spacial score (nSPS) is 12.3. The van der Waals surface area contributed by atoms with Crippen molar-refractivity contribution in [3.8, 4) is 0 Å². The summed E-state index contributed by atoms with van der Waals surface area (Å²) >= 11 is 3.41. The average molecular weight is 376 g/mol. The van der Waals surface area contributed by atoms with Crippen molar-refractivity contribution in [1.29, 1.82) is 0 Å². The third kappa shape index (κ3) is 2.51. The highest BCUT2D eigenvalue weighted by atomic mass is 79.9. The monoisotopic (exact) mass is 375 g/mol. The van der Waals surface area contributed by atoms with Gasteiger partial charge < -0.3 is 0 Å². The zero-order chi connectivity index (χ0) is 15.7. The van der Waals surface area contributed by atoms with Gasteiger partial charge in [-0.3, -0.25) is 0 Å². The van der Waals surface area contributed by atoms with E-state index in [9.17, 15) is 8.42 Å². The summed E-state index contributed by atoms with van der Waals surface area (Å²) in [6.07, 6.45) is 3.63. The van der Waals surface area contributed by atoms with Gasteiger partial charge in [-0.25, -0.2) is 12.4 Å². The molecule has 0 spiro atoms. The van der Waals surface area contributed by atoms with Crippen molar-refractivity contribution < 1.29 is 8.42 Å². The largest absolute Gasteiger partial charge is 0.268 e. The molecule has 112 valence electrons. The van der Waals surface area contributed by atoms with Crippen molar-refractivity contribution in [1.82, 2.24) is 3.97 Å². The summed E-state index contributed by atoms with van der Waals surface area (Å²) in [7, 11) is -3.65. The summed E-state index contributed by atoms with van der Waals surface area (Å²) in [5.41, 5.74) is 1.30. The molecule has 0 aliphatic carbocycles. The lowest BCUT2D eigenvalue weighted by atomic mass is 10.2. The molecule has 0 radical (unpaired) electrons. The first-order chi connectivity index (χ1) is 10.5. The maximum absolute atomic E-state index is 13.0. The molecule has 5 heteroatoms. The summed E-state index contributed by atoms with van der Waals surface area (Å²) in [5, 5.41) is 0.885. The van der Waals surface area contributed by atoms with Crippen LogP contribution in [0.25, 0.3) is 17.0 Å². The van der Waals surface area contributed by atoms with E-state index in [1.54, 1.807) is 36.4 Å². The summed E-state index contributed by atoms with van der Waals surface area (Å²) in [6, 6.07) is 16.0. The van der Waals surface area contributed by atoms with Crippen molar-refractivity contribution in [3.05, 3.63) is 70.8 Å². The molecule has 3 aromatic rings. The fourth-order valence-corrected chi connectivity index (χ4v) is 4.29. The van der Waals surface area contributed by atoms with Crippen LogP contribution in [0.1, 0.15) is 12.6 Å². The van der Waals surface area contributed by atoms with E-state index in [0.717, 1.165) is 9.86 Å². The van der Waals surface area contributed by atoms with Crippen molar-refractivity contribution in [2.24, 2.45) is 0 Å². The molecule has 22 heavy (non-hydrogen) atoms. The Labute approximate surface area is 138 Å². The number of fused-ring (bicyclic) bond motifs is 1. The first kappa shape index (κ1) is 15.1. The number of aromatic nitrogens is 1. The maximum Gasteiger partial charge on any atom is 0.268 e. The van der Waals surface area contributed by atoms with Crippen LogP contribution in [0, 0.1) is 0 Å². The lowest BCUT2D eigenvalue weighted by molar-refractivity contribution is 0.589. The van der Waals surface area contributed by atoms with Crippen LogP contribution in [0.5, 0.6) is 0 Å². The van der Waals surface area contributed by atoms with Gasteiger partial charge in [-0.1, -0.05) is 46.3 Å². The van der Waals surface area contributed by atoms with Crippen LogP contribution in [-0.4, -0.2) is 12.4 Å². The molecule has 3 nitrogen and oxygen atoms in total. The summed E-state index contributed by atoms with van der Waals surface area (Å²) in [5.74, 6) is 0. The Morgan fingerprint density at radius 3 is 2.45 bits per heavy atom. The molecular formula is C17H14BrNO2S. The minimum Gasteiger partial charge on any atom is -0.234 e. The van der Waals surface area contributed by atoms with Gasteiger partial charge in [0.1, 0.15) is 0 Å². The third-order valence-corrected chi connectivity index (χ3v) is 5.62. The molecule has 3 rings (SSSR count). The summed E-state index contributed by atoms with van der Waals surface area (Å²) in [6.45, 7) is 1.87. The minimum absolute atomic E-state index is 0.276. The molecule has 0 unspecified atom stereocenters. The zero-order valence-electron chi connectivity index (χ0n) is 11.9. The Hall–Kier alpha value is -1.85. The Morgan fingerprint density at radius 1 is 1.05 bits per heavy atom. The number of hydrogen-bond acceptors (Lipinski definition) is 2. The molecule has 0 amide bonds. The lowest BCUT2D eigenvalue weighted by Crippen LogP contribution is -2.14. The van der Waals surface area contributed by atoms with Gasteiger partial charge in [0.15, 0.2) is 0 Å². The molecule has 0 N–H and O–H groups in total. The van der Waals surface area contributed by atoms with Gasteiger partial charge in [0.05, 0.1) is 16.1 Å². The number of rotatable bonds is 3. The second-order valence-corrected chi connectivity index (χ2v) is 7.56. The Kier molecular flexibility index (Phi) is 3.93. The van der Waals surface area contributed by atoms with Gasteiger partial charge in [-0.05, 0) is 43.3 Å². The van der Waals surface area contributed by atoms with Crippen LogP contribution in [0.2, 0.25) is 0 Å². The third-order valence-electron chi connectivity index (χ3n) is 3.37. The molecule has 0 fully saturated rings. The smallest absolute Gasteiger partial charge is 0.234 e. The van der Waals surface area contributed by atoms with Crippen molar-refractivity contribution in [2.75, 3.05) is 0 Å². The van der Waals surface area contributed by atoms with Crippen LogP contribution in [-0.2, 0) is 10.0 Å². The van der Waals surface area contributed by atoms with Gasteiger partial charge in [0, 0.05) is 9.86 Å². The fourth-order valence-electron chi connectivity index (χ4n) is 2.42. The number of halogens is 1. The highest BCUT2D eigenvalue weighted by Crippen LogP contribution is 2.28. The first-order valence-electron chi connectivity index (χ1n) is 6.78. The van der Waals surface area contributed by atoms with E-state index in [1.807, 2.05) is 37.3 Å². The molecule has 0 saturated carbocycles. The van der Waals surface area contributed by atoms with Crippen LogP contribution in [0.15, 0.2) is 70.0 Å². The van der Waals surface area contributed by atoms with Crippen LogP contribution in [0.4, 0.5) is 0 Å². The van der Waals surface area contributed by atoms with Crippen molar-refractivity contribution >= 4 is 42.9 Å². The highest BCUT2D eigenvalue weighted by Gasteiger charge is 2.21. The highest BCUT2D eigenvalue weighted by molar-refractivity contribution is 9.10. The van der Waals surface area contributed by atoms with E-state index in [0.29, 0.717) is 11.2 Å². The Morgan fingerprint density at radius 2 is 1.77 bits per heavy atom. The number of nitrogens with zero attached hydrogens (tertiary/aromatic N) is 1. The lowest BCUT2D eigenvalue weighted by Gasteiger charge is -2.10. The average Bonchev–Trinajstić information content (AvgIpc) is 2.86. The topological polar surface area (TPSA) is 39.1 Å². The second kappa shape index (κ2) is 5.74. The van der Waals surface area contributed by atoms with E-state index < -0.39 is 10.0 Å². The van der Waals surface area contributed by atoms with Gasteiger partial charge in [-0.2, -0.15) is 0 Å². The molecular weight excluding hydrogens is 362 g/mol. The number of hydrogen-bond donors (Lipinski definition) is 0. The van der Waals surface area contributed by atoms with Crippen LogP contribution < -0.4 is 0 Å². The number of allylic oxidation sites excluding steroid dienone is 1. The predicted octanol–water partition coefficient (Wildman–Crippen LogP) is 4.67. The SMILES string of the molecule is C/C=C/c1cc2ccc(Br)cc2n1S(=O)(=O)c1ccccc1. The molecule has 0 aliphatic rings. The Bertz CT molecular complexity index is 957. The van der Waals surface area contributed by atoms with E-state index >= 15 is 0 Å². The van der Waals surface area contributed by atoms with E-state index in [-0.39, 0.29) is 4.90 Å². The van der Waals surface area contributed by atoms with Crippen molar-refractivity contribution in [3.63, 3.8) is 0 Å². The van der Waals surface area contributed by atoms with E-state index in [4.69, 9.17) is 0 Å². The molecule has 0 aliphatic heterocycles. The maximum atomic E-state index is 13.0. The quantitative estimate of drug-likeness (QED) is 0.666. The zero-order valence-corrected chi connectivity index (χ0v) is 14.3. The molecule has 0 saturated heterocycles. The minimum atomic E-state index is -3.65. The van der Waals surface area contributed by atoms with Gasteiger partial charge in [0.2, 0.25) is 0 Å². The number of benzene rings is 2. The van der Waals surface area contributed by atoms with Gasteiger partial charge >= 0.3 is 0 Å². The molecule has 0 bridgehead atoms. The molecule has 2 aromatic carbocycles. The second-order valence-electron chi connectivity index (χ2n) is 4.85. The molecule has 1 aromatic heterocycles. The van der Waals surface area contributed by atoms with Crippen molar-refractivity contribution in [2.45, 2.75) is 11.8 Å².